The molecular weight excluding hydrogens is 442 g/mol. The van der Waals surface area contributed by atoms with E-state index in [1.54, 1.807) is 18.2 Å². The first kappa shape index (κ1) is 27.1. The minimum atomic E-state index is -0.365. The van der Waals surface area contributed by atoms with E-state index in [9.17, 15) is 14.4 Å². The highest BCUT2D eigenvalue weighted by molar-refractivity contribution is 5.99. The Hall–Kier alpha value is -2.45. The number of aromatic nitrogens is 2. The zero-order chi connectivity index (χ0) is 25.7. The number of benzene rings is 1. The molecule has 1 aliphatic carbocycles. The number of hydrogen-bond acceptors (Lipinski definition) is 5. The van der Waals surface area contributed by atoms with E-state index in [1.165, 1.54) is 9.13 Å². The van der Waals surface area contributed by atoms with Gasteiger partial charge in [-0.3, -0.25) is 14.2 Å². The second kappa shape index (κ2) is 12.0. The molecule has 8 nitrogen and oxygen atoms in total. The zero-order valence-corrected chi connectivity index (χ0v) is 22.0. The van der Waals surface area contributed by atoms with Crippen LogP contribution in [0.3, 0.4) is 0 Å². The average Bonchev–Trinajstić information content (AvgIpc) is 3.11. The fraction of sp³-hybridized carbons (Fsp3) is 0.667. The summed E-state index contributed by atoms with van der Waals surface area (Å²) in [4.78, 5) is 42.4. The van der Waals surface area contributed by atoms with Crippen molar-refractivity contribution in [3.05, 3.63) is 34.2 Å². The summed E-state index contributed by atoms with van der Waals surface area (Å²) in [5.74, 6) is 0.587. The van der Waals surface area contributed by atoms with E-state index < -0.39 is 0 Å². The highest BCUT2D eigenvalue weighted by Crippen LogP contribution is 2.39. The van der Waals surface area contributed by atoms with Crippen molar-refractivity contribution < 1.29 is 9.59 Å². The van der Waals surface area contributed by atoms with E-state index in [1.807, 2.05) is 0 Å². The molecule has 35 heavy (non-hydrogen) atoms. The summed E-state index contributed by atoms with van der Waals surface area (Å²) < 4.78 is 2.88. The highest BCUT2D eigenvalue weighted by atomic mass is 16.2. The molecule has 0 spiro atoms. The molecule has 1 aromatic carbocycles. The number of carbonyl (C=O) groups is 2. The van der Waals surface area contributed by atoms with Crippen molar-refractivity contribution in [2.45, 2.75) is 60.4 Å². The van der Waals surface area contributed by atoms with Crippen molar-refractivity contribution >= 4 is 22.8 Å². The molecule has 194 valence electrons. The molecule has 1 fully saturated rings. The lowest BCUT2D eigenvalue weighted by atomic mass is 9.69. The summed E-state index contributed by atoms with van der Waals surface area (Å²) in [5, 5.41) is 2.97. The Kier molecular flexibility index (Phi) is 9.30. The van der Waals surface area contributed by atoms with Crippen LogP contribution >= 0.6 is 0 Å². The summed E-state index contributed by atoms with van der Waals surface area (Å²) in [7, 11) is 0. The summed E-state index contributed by atoms with van der Waals surface area (Å²) in [6, 6.07) is 5.15. The Morgan fingerprint density at radius 1 is 1.17 bits per heavy atom. The summed E-state index contributed by atoms with van der Waals surface area (Å²) in [5.41, 5.74) is 7.04. The topological polar surface area (TPSA) is 102 Å². The van der Waals surface area contributed by atoms with Crippen molar-refractivity contribution in [2.24, 2.45) is 29.4 Å². The number of imidazole rings is 1. The lowest BCUT2D eigenvalue weighted by Gasteiger charge is -2.36. The maximum absolute atomic E-state index is 13.8. The van der Waals surface area contributed by atoms with Crippen LogP contribution in [0, 0.1) is 23.7 Å². The van der Waals surface area contributed by atoms with Gasteiger partial charge in [0.05, 0.1) is 11.0 Å². The molecule has 0 aliphatic heterocycles. The predicted octanol–water partition coefficient (Wildman–Crippen LogP) is 3.18. The van der Waals surface area contributed by atoms with Crippen LogP contribution in [-0.4, -0.2) is 58.6 Å². The van der Waals surface area contributed by atoms with Crippen molar-refractivity contribution in [2.75, 3.05) is 32.7 Å². The van der Waals surface area contributed by atoms with Gasteiger partial charge in [-0.25, -0.2) is 9.36 Å². The van der Waals surface area contributed by atoms with Gasteiger partial charge in [0.1, 0.15) is 0 Å². The quantitative estimate of drug-likeness (QED) is 0.538. The van der Waals surface area contributed by atoms with Gasteiger partial charge in [-0.2, -0.15) is 0 Å². The van der Waals surface area contributed by atoms with Gasteiger partial charge in [0.25, 0.3) is 5.91 Å². The van der Waals surface area contributed by atoms with E-state index in [0.717, 1.165) is 38.9 Å². The zero-order valence-electron chi connectivity index (χ0n) is 22.0. The third kappa shape index (κ3) is 5.86. The Labute approximate surface area is 208 Å². The summed E-state index contributed by atoms with van der Waals surface area (Å²) in [6.45, 7) is 14.4. The number of hydrogen-bond donors (Lipinski definition) is 2. The first-order valence-corrected chi connectivity index (χ1v) is 13.2. The second-order valence-corrected chi connectivity index (χ2v) is 10.3. The normalized spacial score (nSPS) is 20.6. The van der Waals surface area contributed by atoms with Crippen LogP contribution in [0.1, 0.15) is 69.0 Å². The van der Waals surface area contributed by atoms with E-state index in [-0.39, 0.29) is 42.4 Å². The fourth-order valence-corrected chi connectivity index (χ4v) is 5.58. The SMILES string of the molecule is CCN(CC)CCNC(=O)c1ccc2c(c1)n(CCN)c(=O)n2C(=O)[C@@H]1C[C@H](C)CC[C@H]1C(C)C. The molecule has 1 heterocycles. The monoisotopic (exact) mass is 485 g/mol. The molecule has 0 unspecified atom stereocenters. The number of nitrogens with zero attached hydrogens (tertiary/aromatic N) is 3. The number of fused-ring (bicyclic) bond motifs is 1. The molecular formula is C27H43N5O3. The Morgan fingerprint density at radius 3 is 2.51 bits per heavy atom. The largest absolute Gasteiger partial charge is 0.351 e. The van der Waals surface area contributed by atoms with Gasteiger partial charge in [0.15, 0.2) is 0 Å². The maximum Gasteiger partial charge on any atom is 0.336 e. The molecule has 0 saturated heterocycles. The minimum Gasteiger partial charge on any atom is -0.351 e. The number of nitrogens with two attached hydrogens (primary N) is 1. The van der Waals surface area contributed by atoms with E-state index in [0.29, 0.717) is 35.0 Å². The van der Waals surface area contributed by atoms with Gasteiger partial charge in [-0.1, -0.05) is 41.0 Å². The second-order valence-electron chi connectivity index (χ2n) is 10.3. The van der Waals surface area contributed by atoms with Crippen molar-refractivity contribution in [3.63, 3.8) is 0 Å². The van der Waals surface area contributed by atoms with Crippen LogP contribution in [0.4, 0.5) is 0 Å². The Morgan fingerprint density at radius 2 is 1.89 bits per heavy atom. The number of carbonyl (C=O) groups excluding carboxylic acids is 2. The molecule has 3 atom stereocenters. The smallest absolute Gasteiger partial charge is 0.336 e. The van der Waals surface area contributed by atoms with Crippen LogP contribution in [0.5, 0.6) is 0 Å². The molecule has 0 bridgehead atoms. The number of amides is 1. The lowest BCUT2D eigenvalue weighted by Crippen LogP contribution is -2.40. The van der Waals surface area contributed by atoms with Crippen molar-refractivity contribution in [1.82, 2.24) is 19.4 Å². The first-order valence-electron chi connectivity index (χ1n) is 13.2. The van der Waals surface area contributed by atoms with Gasteiger partial charge < -0.3 is 16.0 Å². The van der Waals surface area contributed by atoms with Gasteiger partial charge in [0.2, 0.25) is 5.91 Å². The molecule has 3 rings (SSSR count). The van der Waals surface area contributed by atoms with Crippen LogP contribution < -0.4 is 16.7 Å². The average molecular weight is 486 g/mol. The van der Waals surface area contributed by atoms with Crippen LogP contribution in [0.15, 0.2) is 23.0 Å². The van der Waals surface area contributed by atoms with Gasteiger partial charge in [-0.05, 0) is 61.9 Å². The Bertz CT molecular complexity index is 1080. The number of rotatable bonds is 10. The fourth-order valence-electron chi connectivity index (χ4n) is 5.58. The van der Waals surface area contributed by atoms with E-state index in [4.69, 9.17) is 5.73 Å². The molecule has 1 aromatic heterocycles. The molecule has 1 amide bonds. The van der Waals surface area contributed by atoms with Crippen LogP contribution in [-0.2, 0) is 6.54 Å². The first-order chi connectivity index (χ1) is 16.7. The number of nitrogens with one attached hydrogen (secondary N) is 1. The molecule has 1 aliphatic rings. The summed E-state index contributed by atoms with van der Waals surface area (Å²) in [6.07, 6.45) is 2.91. The lowest BCUT2D eigenvalue weighted by molar-refractivity contribution is 0.0633. The van der Waals surface area contributed by atoms with Crippen molar-refractivity contribution in [3.8, 4) is 0 Å². The number of likely N-dealkylation sites (N-methyl/N-ethyl adjacent to an activating group) is 1. The third-order valence-electron chi connectivity index (χ3n) is 7.71. The van der Waals surface area contributed by atoms with E-state index >= 15 is 0 Å². The third-order valence-corrected chi connectivity index (χ3v) is 7.71. The highest BCUT2D eigenvalue weighted by Gasteiger charge is 2.37. The molecule has 2 aromatic rings. The van der Waals surface area contributed by atoms with Crippen LogP contribution in [0.25, 0.3) is 11.0 Å². The molecule has 0 radical (unpaired) electrons. The maximum atomic E-state index is 13.8. The van der Waals surface area contributed by atoms with Gasteiger partial charge in [-0.15, -0.1) is 0 Å². The predicted molar refractivity (Wildman–Crippen MR) is 141 cm³/mol. The molecule has 1 saturated carbocycles. The van der Waals surface area contributed by atoms with Crippen molar-refractivity contribution in [1.29, 1.82) is 0 Å². The standard InChI is InChI=1S/C27H43N5O3/c1-6-30(7-2)15-13-29-25(33)20-9-11-23-24(17-20)31(14-12-28)27(35)32(23)26(34)22-16-19(5)8-10-21(22)18(3)4/h9,11,17-19,21-22H,6-8,10,12-16,28H2,1-5H3,(H,29,33)/t19-,21+,22-/m1/s1. The summed E-state index contributed by atoms with van der Waals surface area (Å²) >= 11 is 0. The molecule has 8 heteroatoms. The van der Waals surface area contributed by atoms with E-state index in [2.05, 4.69) is 44.8 Å². The Balaban J connectivity index is 1.95. The van der Waals surface area contributed by atoms with Crippen LogP contribution in [0.2, 0.25) is 0 Å². The molecule has 3 N–H and O–H groups in total. The minimum absolute atomic E-state index is 0.127. The van der Waals surface area contributed by atoms with Gasteiger partial charge in [0, 0.05) is 37.7 Å². The van der Waals surface area contributed by atoms with Gasteiger partial charge >= 0.3 is 5.69 Å².